The SMILES string of the molecule is COc1ccc(OC)c(C(C)NC(=O)NC(c2ccc(Cl)cc2)C2CC2)c1. The van der Waals surface area contributed by atoms with E-state index in [1.165, 1.54) is 0 Å². The Morgan fingerprint density at radius 3 is 2.37 bits per heavy atom. The van der Waals surface area contributed by atoms with E-state index in [0.717, 1.165) is 29.7 Å². The van der Waals surface area contributed by atoms with Crippen molar-refractivity contribution >= 4 is 17.6 Å². The summed E-state index contributed by atoms with van der Waals surface area (Å²) in [4.78, 5) is 12.6. The molecule has 2 aromatic carbocycles. The van der Waals surface area contributed by atoms with Gasteiger partial charge in [-0.05, 0) is 61.6 Å². The molecule has 2 atom stereocenters. The van der Waals surface area contributed by atoms with Gasteiger partial charge in [-0.2, -0.15) is 0 Å². The van der Waals surface area contributed by atoms with Crippen molar-refractivity contribution in [1.82, 2.24) is 10.6 Å². The minimum atomic E-state index is -0.236. The van der Waals surface area contributed by atoms with Crippen LogP contribution in [0.15, 0.2) is 42.5 Å². The zero-order valence-electron chi connectivity index (χ0n) is 15.8. The summed E-state index contributed by atoms with van der Waals surface area (Å²) in [5, 5.41) is 6.81. The molecule has 1 aliphatic carbocycles. The molecule has 2 unspecified atom stereocenters. The van der Waals surface area contributed by atoms with Gasteiger partial charge in [0.15, 0.2) is 0 Å². The van der Waals surface area contributed by atoms with Crippen LogP contribution in [0.1, 0.15) is 43.0 Å². The van der Waals surface area contributed by atoms with E-state index in [4.69, 9.17) is 21.1 Å². The van der Waals surface area contributed by atoms with Gasteiger partial charge < -0.3 is 20.1 Å². The van der Waals surface area contributed by atoms with Crippen LogP contribution < -0.4 is 20.1 Å². The second kappa shape index (κ2) is 8.53. The average molecular weight is 389 g/mol. The van der Waals surface area contributed by atoms with E-state index in [0.29, 0.717) is 16.7 Å². The summed E-state index contributed by atoms with van der Waals surface area (Å²) in [5.74, 6) is 1.90. The van der Waals surface area contributed by atoms with Crippen LogP contribution in [0.4, 0.5) is 4.79 Å². The fourth-order valence-electron chi connectivity index (χ4n) is 3.21. The normalized spacial score (nSPS) is 15.6. The van der Waals surface area contributed by atoms with Crippen molar-refractivity contribution in [3.63, 3.8) is 0 Å². The van der Waals surface area contributed by atoms with Crippen molar-refractivity contribution in [2.45, 2.75) is 31.8 Å². The van der Waals surface area contributed by atoms with Crippen LogP contribution in [-0.4, -0.2) is 20.3 Å². The fourth-order valence-corrected chi connectivity index (χ4v) is 3.33. The van der Waals surface area contributed by atoms with Gasteiger partial charge >= 0.3 is 6.03 Å². The van der Waals surface area contributed by atoms with Crippen molar-refractivity contribution in [2.75, 3.05) is 14.2 Å². The topological polar surface area (TPSA) is 59.6 Å². The Morgan fingerprint density at radius 1 is 1.07 bits per heavy atom. The zero-order chi connectivity index (χ0) is 19.4. The van der Waals surface area contributed by atoms with Crippen LogP contribution in [0.5, 0.6) is 11.5 Å². The number of carbonyl (C=O) groups is 1. The maximum absolute atomic E-state index is 12.6. The highest BCUT2D eigenvalue weighted by Gasteiger charge is 2.33. The fraction of sp³-hybridized carbons (Fsp3) is 0.381. The van der Waals surface area contributed by atoms with Gasteiger partial charge in [0.2, 0.25) is 0 Å². The summed E-state index contributed by atoms with van der Waals surface area (Å²) in [5.41, 5.74) is 1.94. The lowest BCUT2D eigenvalue weighted by Gasteiger charge is -2.22. The molecule has 6 heteroatoms. The second-order valence-corrected chi connectivity index (χ2v) is 7.25. The number of rotatable bonds is 7. The number of benzene rings is 2. The highest BCUT2D eigenvalue weighted by molar-refractivity contribution is 6.30. The molecule has 1 saturated carbocycles. The van der Waals surface area contributed by atoms with E-state index in [2.05, 4.69) is 10.6 Å². The number of halogens is 1. The van der Waals surface area contributed by atoms with E-state index in [1.807, 2.05) is 49.4 Å². The number of nitrogens with one attached hydrogen (secondary N) is 2. The van der Waals surface area contributed by atoms with Gasteiger partial charge in [-0.3, -0.25) is 0 Å². The van der Waals surface area contributed by atoms with Crippen molar-refractivity contribution in [3.05, 3.63) is 58.6 Å². The predicted octanol–water partition coefficient (Wildman–Crippen LogP) is 4.87. The molecule has 0 bridgehead atoms. The quantitative estimate of drug-likeness (QED) is 0.711. The van der Waals surface area contributed by atoms with Crippen LogP contribution in [0.2, 0.25) is 5.02 Å². The number of methoxy groups -OCH3 is 2. The molecule has 2 amide bonds. The Morgan fingerprint density at radius 2 is 1.78 bits per heavy atom. The van der Waals surface area contributed by atoms with Crippen molar-refractivity contribution in [3.8, 4) is 11.5 Å². The third kappa shape index (κ3) is 4.86. The van der Waals surface area contributed by atoms with E-state index in [9.17, 15) is 4.79 Å². The molecule has 0 aromatic heterocycles. The number of carbonyl (C=O) groups excluding carboxylic acids is 1. The number of hydrogen-bond acceptors (Lipinski definition) is 3. The lowest BCUT2D eigenvalue weighted by Crippen LogP contribution is -2.40. The van der Waals surface area contributed by atoms with Gasteiger partial charge in [0, 0.05) is 10.6 Å². The minimum absolute atomic E-state index is 0.0123. The zero-order valence-corrected chi connectivity index (χ0v) is 16.5. The van der Waals surface area contributed by atoms with E-state index in [1.54, 1.807) is 14.2 Å². The summed E-state index contributed by atoms with van der Waals surface area (Å²) in [7, 11) is 3.23. The maximum Gasteiger partial charge on any atom is 0.315 e. The molecule has 2 N–H and O–H groups in total. The van der Waals surface area contributed by atoms with Gasteiger partial charge in [0.25, 0.3) is 0 Å². The molecule has 3 rings (SSSR count). The minimum Gasteiger partial charge on any atom is -0.497 e. The largest absolute Gasteiger partial charge is 0.497 e. The summed E-state index contributed by atoms with van der Waals surface area (Å²) >= 11 is 5.99. The highest BCUT2D eigenvalue weighted by Crippen LogP contribution is 2.41. The molecule has 0 saturated heterocycles. The van der Waals surface area contributed by atoms with E-state index in [-0.39, 0.29) is 18.1 Å². The standard InChI is InChI=1S/C21H25ClN2O3/c1-13(18-12-17(26-2)10-11-19(18)27-3)23-21(25)24-20(14-4-5-14)15-6-8-16(22)9-7-15/h6-14,20H,4-5H2,1-3H3,(H2,23,24,25). The van der Waals surface area contributed by atoms with Crippen LogP contribution in [-0.2, 0) is 0 Å². The number of urea groups is 1. The number of hydrogen-bond donors (Lipinski definition) is 2. The van der Waals surface area contributed by atoms with Crippen LogP contribution in [0.3, 0.4) is 0 Å². The summed E-state index contributed by atoms with van der Waals surface area (Å²) in [6.07, 6.45) is 2.24. The summed E-state index contributed by atoms with van der Waals surface area (Å²) < 4.78 is 10.7. The predicted molar refractivity (Wildman–Crippen MR) is 107 cm³/mol. The van der Waals surface area contributed by atoms with Crippen LogP contribution in [0.25, 0.3) is 0 Å². The monoisotopic (exact) mass is 388 g/mol. The molecule has 2 aromatic rings. The van der Waals surface area contributed by atoms with Crippen LogP contribution >= 0.6 is 11.6 Å². The Bertz CT molecular complexity index is 791. The lowest BCUT2D eigenvalue weighted by atomic mass is 10.0. The van der Waals surface area contributed by atoms with Gasteiger partial charge in [-0.1, -0.05) is 23.7 Å². The van der Waals surface area contributed by atoms with E-state index >= 15 is 0 Å². The van der Waals surface area contributed by atoms with Gasteiger partial charge in [-0.25, -0.2) is 4.79 Å². The molecule has 144 valence electrons. The maximum atomic E-state index is 12.6. The smallest absolute Gasteiger partial charge is 0.315 e. The second-order valence-electron chi connectivity index (χ2n) is 6.81. The Hall–Kier alpha value is -2.40. The van der Waals surface area contributed by atoms with Gasteiger partial charge in [0.05, 0.1) is 26.3 Å². The first-order valence-electron chi connectivity index (χ1n) is 9.06. The average Bonchev–Trinajstić information content (AvgIpc) is 3.51. The molecular formula is C21H25ClN2O3. The third-order valence-electron chi connectivity index (χ3n) is 4.86. The van der Waals surface area contributed by atoms with Crippen LogP contribution in [0, 0.1) is 5.92 Å². The first-order valence-corrected chi connectivity index (χ1v) is 9.44. The first-order chi connectivity index (χ1) is 13.0. The molecular weight excluding hydrogens is 364 g/mol. The number of amides is 2. The van der Waals surface area contributed by atoms with E-state index < -0.39 is 0 Å². The van der Waals surface area contributed by atoms with Gasteiger partial charge in [-0.15, -0.1) is 0 Å². The molecule has 0 spiro atoms. The molecule has 0 radical (unpaired) electrons. The molecule has 1 fully saturated rings. The highest BCUT2D eigenvalue weighted by atomic mass is 35.5. The molecule has 0 aliphatic heterocycles. The molecule has 0 heterocycles. The molecule has 27 heavy (non-hydrogen) atoms. The summed E-state index contributed by atoms with van der Waals surface area (Å²) in [6.45, 7) is 1.92. The van der Waals surface area contributed by atoms with Gasteiger partial charge in [0.1, 0.15) is 11.5 Å². The number of ether oxygens (including phenoxy) is 2. The summed E-state index contributed by atoms with van der Waals surface area (Å²) in [6, 6.07) is 12.7. The Labute approximate surface area is 165 Å². The third-order valence-corrected chi connectivity index (χ3v) is 5.11. The Kier molecular flexibility index (Phi) is 6.11. The van der Waals surface area contributed by atoms with Crippen molar-refractivity contribution < 1.29 is 14.3 Å². The molecule has 5 nitrogen and oxygen atoms in total. The molecule has 1 aliphatic rings. The lowest BCUT2D eigenvalue weighted by molar-refractivity contribution is 0.232. The van der Waals surface area contributed by atoms with Crippen molar-refractivity contribution in [1.29, 1.82) is 0 Å². The van der Waals surface area contributed by atoms with Crippen molar-refractivity contribution in [2.24, 2.45) is 5.92 Å². The first kappa shape index (κ1) is 19.4. The Balaban J connectivity index is 1.70.